The molecule has 1 fully saturated rings. The second-order valence-electron chi connectivity index (χ2n) is 7.40. The highest BCUT2D eigenvalue weighted by Crippen LogP contribution is 2.30. The van der Waals surface area contributed by atoms with Gasteiger partial charge in [0.05, 0.1) is 6.61 Å². The van der Waals surface area contributed by atoms with E-state index >= 15 is 0 Å². The predicted molar refractivity (Wildman–Crippen MR) is 107 cm³/mol. The highest BCUT2D eigenvalue weighted by atomic mass is 19.1. The summed E-state index contributed by atoms with van der Waals surface area (Å²) in [7, 11) is 0. The van der Waals surface area contributed by atoms with Crippen LogP contribution in [0.5, 0.6) is 5.75 Å². The van der Waals surface area contributed by atoms with E-state index in [4.69, 9.17) is 4.74 Å². The summed E-state index contributed by atoms with van der Waals surface area (Å²) < 4.78 is 34.4. The van der Waals surface area contributed by atoms with E-state index in [1.54, 1.807) is 11.8 Å². The standard InChI is InChI=1S/C22H26F2N2O2/c1-3-16-4-5-21(18(12-16)13-25-27)28-14-17-6-8-26(9-7-17)22-19(23)10-15(2)11-20(22)24/h4-5,10-12,17H,3,6-9,13-14H2,1-2H3. The first-order valence-corrected chi connectivity index (χ1v) is 9.76. The molecule has 3 rings (SSSR count). The number of rotatable bonds is 7. The maximum absolute atomic E-state index is 14.2. The van der Waals surface area contributed by atoms with E-state index in [1.807, 2.05) is 18.2 Å². The van der Waals surface area contributed by atoms with Gasteiger partial charge in [0.25, 0.3) is 0 Å². The van der Waals surface area contributed by atoms with Crippen LogP contribution in [0.1, 0.15) is 36.5 Å². The minimum atomic E-state index is -0.505. The van der Waals surface area contributed by atoms with Gasteiger partial charge in [0.1, 0.15) is 29.6 Å². The molecule has 2 aromatic rings. The van der Waals surface area contributed by atoms with Gasteiger partial charge < -0.3 is 9.64 Å². The Kier molecular flexibility index (Phi) is 6.60. The molecule has 0 atom stereocenters. The molecule has 1 heterocycles. The fraction of sp³-hybridized carbons (Fsp3) is 0.455. The topological polar surface area (TPSA) is 41.9 Å². The molecule has 0 aromatic heterocycles. The Morgan fingerprint density at radius 2 is 1.82 bits per heavy atom. The van der Waals surface area contributed by atoms with Crippen molar-refractivity contribution in [1.82, 2.24) is 0 Å². The highest BCUT2D eigenvalue weighted by molar-refractivity contribution is 5.51. The van der Waals surface area contributed by atoms with Gasteiger partial charge >= 0.3 is 0 Å². The molecule has 150 valence electrons. The molecule has 2 aromatic carbocycles. The Bertz CT molecular complexity index is 810. The molecule has 0 N–H and O–H groups in total. The normalized spacial score (nSPS) is 14.9. The van der Waals surface area contributed by atoms with Crippen LogP contribution in [0.4, 0.5) is 14.5 Å². The van der Waals surface area contributed by atoms with E-state index in [1.165, 1.54) is 12.1 Å². The highest BCUT2D eigenvalue weighted by Gasteiger charge is 2.24. The van der Waals surface area contributed by atoms with Crippen molar-refractivity contribution < 1.29 is 13.5 Å². The van der Waals surface area contributed by atoms with Crippen molar-refractivity contribution in [2.75, 3.05) is 24.6 Å². The molecule has 6 heteroatoms. The first kappa shape index (κ1) is 20.2. The van der Waals surface area contributed by atoms with E-state index < -0.39 is 11.6 Å². The summed E-state index contributed by atoms with van der Waals surface area (Å²) >= 11 is 0. The molecular weight excluding hydrogens is 362 g/mol. The van der Waals surface area contributed by atoms with E-state index in [0.29, 0.717) is 36.9 Å². The van der Waals surface area contributed by atoms with E-state index in [0.717, 1.165) is 30.4 Å². The van der Waals surface area contributed by atoms with Gasteiger partial charge in [0, 0.05) is 18.7 Å². The van der Waals surface area contributed by atoms with Crippen molar-refractivity contribution in [3.05, 3.63) is 63.6 Å². The minimum absolute atomic E-state index is 0.0690. The lowest BCUT2D eigenvalue weighted by atomic mass is 9.97. The molecule has 4 nitrogen and oxygen atoms in total. The molecule has 1 aliphatic heterocycles. The number of nitroso groups, excluding NO2 is 1. The lowest BCUT2D eigenvalue weighted by molar-refractivity contribution is 0.220. The van der Waals surface area contributed by atoms with Crippen LogP contribution < -0.4 is 9.64 Å². The number of aryl methyl sites for hydroxylation is 2. The Morgan fingerprint density at radius 1 is 1.14 bits per heavy atom. The third kappa shape index (κ3) is 4.66. The minimum Gasteiger partial charge on any atom is -0.493 e. The first-order valence-electron chi connectivity index (χ1n) is 9.76. The maximum Gasteiger partial charge on any atom is 0.149 e. The number of hydrogen-bond donors (Lipinski definition) is 0. The Morgan fingerprint density at radius 3 is 2.43 bits per heavy atom. The van der Waals surface area contributed by atoms with Crippen LogP contribution in [0.3, 0.4) is 0 Å². The summed E-state index contributed by atoms with van der Waals surface area (Å²) in [5.41, 5.74) is 2.59. The molecule has 0 spiro atoms. The van der Waals surface area contributed by atoms with Crippen LogP contribution in [0, 0.1) is 29.4 Å². The molecule has 0 unspecified atom stereocenters. The third-order valence-electron chi connectivity index (χ3n) is 5.33. The third-order valence-corrected chi connectivity index (χ3v) is 5.33. The van der Waals surface area contributed by atoms with Crippen molar-refractivity contribution in [3.63, 3.8) is 0 Å². The summed E-state index contributed by atoms with van der Waals surface area (Å²) in [5, 5.41) is 3.00. The van der Waals surface area contributed by atoms with Crippen molar-refractivity contribution >= 4 is 5.69 Å². The Balaban J connectivity index is 1.59. The van der Waals surface area contributed by atoms with Gasteiger partial charge in [-0.3, -0.25) is 0 Å². The molecule has 0 saturated carbocycles. The van der Waals surface area contributed by atoms with Crippen LogP contribution in [0.25, 0.3) is 0 Å². The first-order chi connectivity index (χ1) is 13.5. The molecule has 1 saturated heterocycles. The number of benzene rings is 2. The van der Waals surface area contributed by atoms with E-state index in [9.17, 15) is 13.7 Å². The van der Waals surface area contributed by atoms with E-state index in [-0.39, 0.29) is 12.2 Å². The van der Waals surface area contributed by atoms with Gasteiger partial charge in [-0.1, -0.05) is 24.2 Å². The SMILES string of the molecule is CCc1ccc(OCC2CCN(c3c(F)cc(C)cc3F)CC2)c(CN=O)c1. The number of anilines is 1. The smallest absolute Gasteiger partial charge is 0.149 e. The molecule has 0 amide bonds. The molecule has 0 radical (unpaired) electrons. The number of hydrogen-bond acceptors (Lipinski definition) is 4. The zero-order chi connectivity index (χ0) is 20.1. The second-order valence-corrected chi connectivity index (χ2v) is 7.40. The lowest BCUT2D eigenvalue weighted by Crippen LogP contribution is -2.36. The Labute approximate surface area is 164 Å². The van der Waals surface area contributed by atoms with Crippen molar-refractivity contribution in [2.24, 2.45) is 11.1 Å². The van der Waals surface area contributed by atoms with Crippen LogP contribution in [-0.2, 0) is 13.0 Å². The van der Waals surface area contributed by atoms with Gasteiger partial charge in [-0.25, -0.2) is 8.78 Å². The van der Waals surface area contributed by atoms with Crippen LogP contribution >= 0.6 is 0 Å². The zero-order valence-electron chi connectivity index (χ0n) is 16.4. The van der Waals surface area contributed by atoms with Gasteiger partial charge in [-0.05, 0) is 61.4 Å². The van der Waals surface area contributed by atoms with Gasteiger partial charge in [-0.2, -0.15) is 4.91 Å². The average molecular weight is 388 g/mol. The summed E-state index contributed by atoms with van der Waals surface area (Å²) in [6.07, 6.45) is 2.47. The molecular formula is C22H26F2N2O2. The molecule has 1 aliphatic rings. The molecule has 28 heavy (non-hydrogen) atoms. The van der Waals surface area contributed by atoms with Crippen LogP contribution in [0.15, 0.2) is 35.5 Å². The Hall–Kier alpha value is -2.50. The summed E-state index contributed by atoms with van der Waals surface area (Å²) in [6, 6.07) is 8.59. The van der Waals surface area contributed by atoms with Gasteiger partial charge in [0.2, 0.25) is 0 Å². The van der Waals surface area contributed by atoms with Crippen molar-refractivity contribution in [3.8, 4) is 5.75 Å². The predicted octanol–water partition coefficient (Wildman–Crippen LogP) is 5.40. The second kappa shape index (κ2) is 9.13. The van der Waals surface area contributed by atoms with Crippen LogP contribution in [0.2, 0.25) is 0 Å². The largest absolute Gasteiger partial charge is 0.493 e. The molecule has 0 aliphatic carbocycles. The monoisotopic (exact) mass is 388 g/mol. The van der Waals surface area contributed by atoms with Crippen molar-refractivity contribution in [2.45, 2.75) is 39.7 Å². The maximum atomic E-state index is 14.2. The van der Waals surface area contributed by atoms with E-state index in [2.05, 4.69) is 12.1 Å². The van der Waals surface area contributed by atoms with Crippen molar-refractivity contribution in [1.29, 1.82) is 0 Å². The fourth-order valence-corrected chi connectivity index (χ4v) is 3.71. The lowest BCUT2D eigenvalue weighted by Gasteiger charge is -2.34. The van der Waals surface area contributed by atoms with Crippen LogP contribution in [-0.4, -0.2) is 19.7 Å². The summed E-state index contributed by atoms with van der Waals surface area (Å²) in [4.78, 5) is 12.5. The average Bonchev–Trinajstić information content (AvgIpc) is 2.67. The summed E-state index contributed by atoms with van der Waals surface area (Å²) in [5.74, 6) is -0.0194. The number of nitrogens with zero attached hydrogens (tertiary/aromatic N) is 2. The number of ether oxygens (including phenoxy) is 1. The molecule has 0 bridgehead atoms. The quantitative estimate of drug-likeness (QED) is 0.597. The van der Waals surface area contributed by atoms with Gasteiger partial charge in [-0.15, -0.1) is 0 Å². The van der Waals surface area contributed by atoms with Gasteiger partial charge in [0.15, 0.2) is 0 Å². The zero-order valence-corrected chi connectivity index (χ0v) is 16.4. The summed E-state index contributed by atoms with van der Waals surface area (Å²) in [6.45, 7) is 5.52. The number of halogens is 2. The number of piperidine rings is 1. The fourth-order valence-electron chi connectivity index (χ4n) is 3.71.